The van der Waals surface area contributed by atoms with E-state index in [1.807, 2.05) is 60.7 Å². The van der Waals surface area contributed by atoms with E-state index < -0.39 is 5.97 Å². The topological polar surface area (TPSA) is 72.6 Å². The average molecular weight is 438 g/mol. The predicted octanol–water partition coefficient (Wildman–Crippen LogP) is 4.66. The zero-order valence-electron chi connectivity index (χ0n) is 18.3. The first-order chi connectivity index (χ1) is 16.2. The van der Waals surface area contributed by atoms with Crippen molar-refractivity contribution in [3.63, 3.8) is 0 Å². The average Bonchev–Trinajstić information content (AvgIpc) is 3.29. The first-order valence-electron chi connectivity index (χ1n) is 10.9. The zero-order valence-corrected chi connectivity index (χ0v) is 18.3. The molecule has 2 heterocycles. The van der Waals surface area contributed by atoms with Gasteiger partial charge in [0.15, 0.2) is 5.65 Å². The number of para-hydroxylation sites is 1. The summed E-state index contributed by atoms with van der Waals surface area (Å²) in [7, 11) is 0. The highest BCUT2D eigenvalue weighted by atomic mass is 16.5. The Bertz CT molecular complexity index is 1360. The molecule has 0 unspecified atom stereocenters. The van der Waals surface area contributed by atoms with Crippen LogP contribution in [0.2, 0.25) is 0 Å². The van der Waals surface area contributed by atoms with Crippen LogP contribution in [0.5, 0.6) is 0 Å². The fraction of sp³-hybridized carbons (Fsp3) is 0.154. The molecule has 0 saturated heterocycles. The first-order valence-corrected chi connectivity index (χ1v) is 10.9. The van der Waals surface area contributed by atoms with Crippen LogP contribution in [0.15, 0.2) is 84.9 Å². The number of benzene rings is 3. The summed E-state index contributed by atoms with van der Waals surface area (Å²) in [6, 6.07) is 28.4. The van der Waals surface area contributed by atoms with Gasteiger partial charge in [-0.25, -0.2) is 9.78 Å². The maximum atomic E-state index is 12.5. The molecule has 0 aliphatic heterocycles. The van der Waals surface area contributed by atoms with Crippen molar-refractivity contribution in [2.75, 3.05) is 11.5 Å². The lowest BCUT2D eigenvalue weighted by atomic mass is 10.1. The van der Waals surface area contributed by atoms with Gasteiger partial charge in [0.1, 0.15) is 5.82 Å². The van der Waals surface area contributed by atoms with E-state index in [-0.39, 0.29) is 12.3 Å². The maximum absolute atomic E-state index is 12.5. The van der Waals surface area contributed by atoms with Crippen LogP contribution in [-0.2, 0) is 17.8 Å². The van der Waals surface area contributed by atoms with Gasteiger partial charge in [-0.05, 0) is 30.2 Å². The molecule has 0 aliphatic rings. The summed E-state index contributed by atoms with van der Waals surface area (Å²) < 4.78 is 6.80. The number of rotatable bonds is 7. The van der Waals surface area contributed by atoms with E-state index in [1.54, 1.807) is 11.4 Å². The van der Waals surface area contributed by atoms with Crippen LogP contribution in [0.3, 0.4) is 0 Å². The summed E-state index contributed by atoms with van der Waals surface area (Å²) in [6.07, 6.45) is 0. The number of anilines is 1. The quantitative estimate of drug-likeness (QED) is 0.345. The lowest BCUT2D eigenvalue weighted by molar-refractivity contribution is 0.0521. The van der Waals surface area contributed by atoms with Gasteiger partial charge in [0.05, 0.1) is 12.1 Å². The van der Waals surface area contributed by atoms with E-state index in [1.165, 1.54) is 0 Å². The number of esters is 1. The van der Waals surface area contributed by atoms with Gasteiger partial charge in [0.2, 0.25) is 5.69 Å². The molecular formula is C26H23N5O2. The normalized spacial score (nSPS) is 11.1. The van der Waals surface area contributed by atoms with Crippen molar-refractivity contribution in [2.45, 2.75) is 20.0 Å². The molecule has 7 heteroatoms. The van der Waals surface area contributed by atoms with Crippen LogP contribution in [0.25, 0.3) is 16.6 Å². The van der Waals surface area contributed by atoms with Crippen LogP contribution in [0.1, 0.15) is 28.5 Å². The Morgan fingerprint density at radius 2 is 1.48 bits per heavy atom. The van der Waals surface area contributed by atoms with E-state index in [9.17, 15) is 4.79 Å². The summed E-state index contributed by atoms with van der Waals surface area (Å²) in [5.74, 6) is 0.234. The largest absolute Gasteiger partial charge is 0.461 e. The van der Waals surface area contributed by atoms with Crippen LogP contribution < -0.4 is 4.90 Å². The van der Waals surface area contributed by atoms with Crippen molar-refractivity contribution in [2.24, 2.45) is 0 Å². The number of hydrogen-bond donors (Lipinski definition) is 0. The zero-order chi connectivity index (χ0) is 22.6. The second-order valence-corrected chi connectivity index (χ2v) is 7.67. The fourth-order valence-electron chi connectivity index (χ4n) is 3.93. The number of carbonyl (C=O) groups excluding carboxylic acids is 1. The van der Waals surface area contributed by atoms with Crippen LogP contribution in [0.4, 0.5) is 5.82 Å². The van der Waals surface area contributed by atoms with Crippen LogP contribution >= 0.6 is 0 Å². The summed E-state index contributed by atoms with van der Waals surface area (Å²) in [5, 5.41) is 9.22. The minimum absolute atomic E-state index is 0.114. The van der Waals surface area contributed by atoms with Crippen LogP contribution in [-0.4, -0.2) is 32.4 Å². The lowest BCUT2D eigenvalue weighted by Gasteiger charge is -2.25. The highest BCUT2D eigenvalue weighted by Gasteiger charge is 2.23. The number of nitrogens with zero attached hydrogens (tertiary/aromatic N) is 5. The third kappa shape index (κ3) is 4.13. The molecule has 0 atom stereocenters. The van der Waals surface area contributed by atoms with E-state index in [0.29, 0.717) is 18.7 Å². The van der Waals surface area contributed by atoms with Gasteiger partial charge in [-0.2, -0.15) is 4.52 Å². The minimum Gasteiger partial charge on any atom is -0.461 e. The Morgan fingerprint density at radius 3 is 2.12 bits per heavy atom. The number of aromatic nitrogens is 4. The second-order valence-electron chi connectivity index (χ2n) is 7.67. The monoisotopic (exact) mass is 437 g/mol. The molecule has 0 spiro atoms. The summed E-state index contributed by atoms with van der Waals surface area (Å²) >= 11 is 0. The molecule has 2 aromatic heterocycles. The van der Waals surface area contributed by atoms with Crippen molar-refractivity contribution in [3.8, 4) is 0 Å². The molecule has 33 heavy (non-hydrogen) atoms. The number of carbonyl (C=O) groups is 1. The number of ether oxygens (including phenoxy) is 1. The Hall–Kier alpha value is -4.26. The van der Waals surface area contributed by atoms with Crippen molar-refractivity contribution >= 4 is 28.3 Å². The summed E-state index contributed by atoms with van der Waals surface area (Å²) in [4.78, 5) is 19.7. The van der Waals surface area contributed by atoms with Crippen molar-refractivity contribution < 1.29 is 9.53 Å². The van der Waals surface area contributed by atoms with Crippen molar-refractivity contribution in [1.29, 1.82) is 0 Å². The van der Waals surface area contributed by atoms with Gasteiger partial charge in [0, 0.05) is 18.5 Å². The molecule has 0 radical (unpaired) electrons. The van der Waals surface area contributed by atoms with Crippen molar-refractivity contribution in [3.05, 3.63) is 102 Å². The molecule has 3 aromatic carbocycles. The number of fused-ring (bicyclic) bond motifs is 3. The smallest absolute Gasteiger partial charge is 0.362 e. The first kappa shape index (κ1) is 20.6. The Balaban J connectivity index is 1.70. The van der Waals surface area contributed by atoms with E-state index in [2.05, 4.69) is 39.5 Å². The standard InChI is InChI=1S/C26H23N5O2/c1-2-33-26(32)23-25-27-24(21-15-9-10-16-22(21)31(25)29-28-23)30(17-19-11-5-3-6-12-19)18-20-13-7-4-8-14-20/h3-16H,2,17-18H2,1H3. The van der Waals surface area contributed by atoms with E-state index in [0.717, 1.165) is 27.8 Å². The Labute approximate surface area is 191 Å². The lowest BCUT2D eigenvalue weighted by Crippen LogP contribution is -2.24. The molecule has 5 aromatic rings. The summed E-state index contributed by atoms with van der Waals surface area (Å²) in [5.41, 5.74) is 3.65. The molecule has 0 amide bonds. The van der Waals surface area contributed by atoms with Crippen molar-refractivity contribution in [1.82, 2.24) is 19.8 Å². The van der Waals surface area contributed by atoms with Gasteiger partial charge in [0.25, 0.3) is 0 Å². The third-order valence-electron chi connectivity index (χ3n) is 5.43. The molecule has 164 valence electrons. The molecule has 0 bridgehead atoms. The van der Waals surface area contributed by atoms with Gasteiger partial charge in [-0.15, -0.1) is 5.10 Å². The second kappa shape index (κ2) is 9.08. The highest BCUT2D eigenvalue weighted by molar-refractivity contribution is 5.98. The molecule has 5 rings (SSSR count). The van der Waals surface area contributed by atoms with Crippen LogP contribution in [0, 0.1) is 0 Å². The van der Waals surface area contributed by atoms with Gasteiger partial charge >= 0.3 is 5.97 Å². The molecule has 0 fully saturated rings. The number of hydrogen-bond acceptors (Lipinski definition) is 6. The molecule has 0 aliphatic carbocycles. The molecule has 0 saturated carbocycles. The van der Waals surface area contributed by atoms with E-state index in [4.69, 9.17) is 9.72 Å². The minimum atomic E-state index is -0.529. The highest BCUT2D eigenvalue weighted by Crippen LogP contribution is 2.29. The Kier molecular flexibility index (Phi) is 5.68. The predicted molar refractivity (Wildman–Crippen MR) is 127 cm³/mol. The fourth-order valence-corrected chi connectivity index (χ4v) is 3.93. The van der Waals surface area contributed by atoms with E-state index >= 15 is 0 Å². The van der Waals surface area contributed by atoms with Gasteiger partial charge in [-0.3, -0.25) is 0 Å². The SMILES string of the molecule is CCOC(=O)c1nnn2c1nc(N(Cc1ccccc1)Cc1ccccc1)c1ccccc12. The molecular weight excluding hydrogens is 414 g/mol. The molecule has 0 N–H and O–H groups in total. The third-order valence-corrected chi connectivity index (χ3v) is 5.43. The Morgan fingerprint density at radius 1 is 0.879 bits per heavy atom. The van der Waals surface area contributed by atoms with Gasteiger partial charge in [-0.1, -0.05) is 78.0 Å². The molecule has 7 nitrogen and oxygen atoms in total. The summed E-state index contributed by atoms with van der Waals surface area (Å²) in [6.45, 7) is 3.32. The van der Waals surface area contributed by atoms with Gasteiger partial charge < -0.3 is 9.64 Å². The maximum Gasteiger partial charge on any atom is 0.362 e.